The molecule has 2 aromatic carbocycles. The molecule has 0 spiro atoms. The minimum atomic E-state index is -1.10. The van der Waals surface area contributed by atoms with Crippen LogP contribution in [0.4, 0.5) is 18.9 Å². The fourth-order valence-electron chi connectivity index (χ4n) is 1.83. The lowest BCUT2D eigenvalue weighted by atomic mass is 10.1. The first-order valence-corrected chi connectivity index (χ1v) is 6.05. The molecular weight excluding hydrogens is 283 g/mol. The van der Waals surface area contributed by atoms with Gasteiger partial charge < -0.3 is 10.5 Å². The van der Waals surface area contributed by atoms with Gasteiger partial charge in [0, 0.05) is 11.3 Å². The van der Waals surface area contributed by atoms with E-state index >= 15 is 0 Å². The van der Waals surface area contributed by atoms with Crippen LogP contribution in [0.25, 0.3) is 0 Å². The van der Waals surface area contributed by atoms with Gasteiger partial charge in [-0.1, -0.05) is 12.1 Å². The zero-order valence-corrected chi connectivity index (χ0v) is 11.1. The number of benzene rings is 2. The summed E-state index contributed by atoms with van der Waals surface area (Å²) in [5.74, 6) is -3.90. The number of nitrogens with two attached hydrogens (primary N) is 1. The number of anilines is 1. The summed E-state index contributed by atoms with van der Waals surface area (Å²) in [5, 5.41) is 0. The highest BCUT2D eigenvalue weighted by molar-refractivity contribution is 5.91. The molecule has 0 saturated carbocycles. The second-order valence-corrected chi connectivity index (χ2v) is 4.49. The van der Waals surface area contributed by atoms with Gasteiger partial charge in [0.25, 0.3) is 0 Å². The van der Waals surface area contributed by atoms with E-state index in [2.05, 4.69) is 0 Å². The Morgan fingerprint density at radius 3 is 2.62 bits per heavy atom. The maximum atomic E-state index is 13.8. The zero-order valence-electron chi connectivity index (χ0n) is 11.1. The lowest BCUT2D eigenvalue weighted by molar-refractivity contribution is 0.0462. The van der Waals surface area contributed by atoms with Gasteiger partial charge in [-0.2, -0.15) is 0 Å². The van der Waals surface area contributed by atoms with Crippen molar-refractivity contribution in [1.29, 1.82) is 0 Å². The third-order valence-electron chi connectivity index (χ3n) is 2.89. The fraction of sp³-hybridized carbons (Fsp3) is 0.133. The molecule has 0 saturated heterocycles. The maximum Gasteiger partial charge on any atom is 0.341 e. The largest absolute Gasteiger partial charge is 0.457 e. The van der Waals surface area contributed by atoms with Crippen molar-refractivity contribution in [3.8, 4) is 0 Å². The number of rotatable bonds is 3. The molecule has 0 fully saturated rings. The second-order valence-electron chi connectivity index (χ2n) is 4.49. The predicted molar refractivity (Wildman–Crippen MR) is 71.0 cm³/mol. The van der Waals surface area contributed by atoms with E-state index in [0.29, 0.717) is 0 Å². The molecule has 0 amide bonds. The summed E-state index contributed by atoms with van der Waals surface area (Å²) in [6.07, 6.45) is 0. The highest BCUT2D eigenvalue weighted by atomic mass is 19.2. The number of esters is 1. The van der Waals surface area contributed by atoms with E-state index in [4.69, 9.17) is 10.5 Å². The van der Waals surface area contributed by atoms with Gasteiger partial charge in [-0.3, -0.25) is 0 Å². The SMILES string of the molecule is Cc1cc(N)cc(C(=O)OCc2cccc(F)c2F)c1F. The van der Waals surface area contributed by atoms with Crippen LogP contribution in [0, 0.1) is 24.4 Å². The van der Waals surface area contributed by atoms with Crippen molar-refractivity contribution in [3.63, 3.8) is 0 Å². The summed E-state index contributed by atoms with van der Waals surface area (Å²) >= 11 is 0. The minimum absolute atomic E-state index is 0.135. The first kappa shape index (κ1) is 14.9. The van der Waals surface area contributed by atoms with Crippen LogP contribution in [0.15, 0.2) is 30.3 Å². The number of hydrogen-bond acceptors (Lipinski definition) is 3. The number of nitrogen functional groups attached to an aromatic ring is 1. The summed E-state index contributed by atoms with van der Waals surface area (Å²) in [6.45, 7) is 0.949. The molecule has 110 valence electrons. The third-order valence-corrected chi connectivity index (χ3v) is 2.89. The molecule has 0 atom stereocenters. The molecule has 0 heterocycles. The van der Waals surface area contributed by atoms with Crippen LogP contribution in [0.1, 0.15) is 21.5 Å². The summed E-state index contributed by atoms with van der Waals surface area (Å²) in [6, 6.07) is 6.01. The minimum Gasteiger partial charge on any atom is -0.457 e. The molecular formula is C15H12F3NO2. The number of hydrogen-bond donors (Lipinski definition) is 1. The van der Waals surface area contributed by atoms with E-state index in [9.17, 15) is 18.0 Å². The molecule has 2 rings (SSSR count). The van der Waals surface area contributed by atoms with Crippen molar-refractivity contribution in [2.45, 2.75) is 13.5 Å². The van der Waals surface area contributed by atoms with Crippen molar-refractivity contribution in [1.82, 2.24) is 0 Å². The molecule has 6 heteroatoms. The molecule has 0 aliphatic rings. The number of carbonyl (C=O) groups excluding carboxylic acids is 1. The maximum absolute atomic E-state index is 13.8. The van der Waals surface area contributed by atoms with E-state index < -0.39 is 30.0 Å². The van der Waals surface area contributed by atoms with Gasteiger partial charge >= 0.3 is 5.97 Å². The fourth-order valence-corrected chi connectivity index (χ4v) is 1.83. The first-order valence-electron chi connectivity index (χ1n) is 6.05. The van der Waals surface area contributed by atoms with E-state index in [0.717, 1.165) is 12.1 Å². The number of carbonyl (C=O) groups is 1. The van der Waals surface area contributed by atoms with Crippen molar-refractivity contribution in [2.24, 2.45) is 0 Å². The summed E-state index contributed by atoms with van der Waals surface area (Å²) < 4.78 is 45.0. The number of ether oxygens (including phenoxy) is 1. The average Bonchev–Trinajstić information content (AvgIpc) is 2.44. The van der Waals surface area contributed by atoms with Crippen LogP contribution in [0.5, 0.6) is 0 Å². The van der Waals surface area contributed by atoms with Gasteiger partial charge in [0.05, 0.1) is 5.56 Å². The van der Waals surface area contributed by atoms with Crippen LogP contribution >= 0.6 is 0 Å². The van der Waals surface area contributed by atoms with E-state index in [1.165, 1.54) is 25.1 Å². The Balaban J connectivity index is 2.18. The Bertz CT molecular complexity index is 702. The van der Waals surface area contributed by atoms with E-state index in [1.54, 1.807) is 0 Å². The molecule has 3 nitrogen and oxygen atoms in total. The zero-order chi connectivity index (χ0) is 15.6. The van der Waals surface area contributed by atoms with Gasteiger partial charge in [-0.15, -0.1) is 0 Å². The Kier molecular flexibility index (Phi) is 4.16. The van der Waals surface area contributed by atoms with Gasteiger partial charge in [0.2, 0.25) is 0 Å². The van der Waals surface area contributed by atoms with Gasteiger partial charge in [0.1, 0.15) is 12.4 Å². The quantitative estimate of drug-likeness (QED) is 0.698. The van der Waals surface area contributed by atoms with Crippen molar-refractivity contribution in [2.75, 3.05) is 5.73 Å². The number of halogens is 3. The number of aryl methyl sites for hydroxylation is 1. The van der Waals surface area contributed by atoms with Crippen LogP contribution < -0.4 is 5.73 Å². The Labute approximate surface area is 119 Å². The molecule has 0 aliphatic carbocycles. The lowest BCUT2D eigenvalue weighted by Gasteiger charge is -2.09. The van der Waals surface area contributed by atoms with E-state index in [-0.39, 0.29) is 22.4 Å². The molecule has 21 heavy (non-hydrogen) atoms. The summed E-state index contributed by atoms with van der Waals surface area (Å²) in [7, 11) is 0. The van der Waals surface area contributed by atoms with Gasteiger partial charge in [-0.25, -0.2) is 18.0 Å². The van der Waals surface area contributed by atoms with Crippen molar-refractivity contribution >= 4 is 11.7 Å². The van der Waals surface area contributed by atoms with Crippen LogP contribution in [0.3, 0.4) is 0 Å². The Morgan fingerprint density at radius 1 is 1.19 bits per heavy atom. The monoisotopic (exact) mass is 295 g/mol. The molecule has 2 aromatic rings. The Hall–Kier alpha value is -2.50. The first-order chi connectivity index (χ1) is 9.90. The summed E-state index contributed by atoms with van der Waals surface area (Å²) in [5.41, 5.74) is 5.45. The van der Waals surface area contributed by atoms with E-state index in [1.807, 2.05) is 0 Å². The molecule has 0 bridgehead atoms. The normalized spacial score (nSPS) is 10.5. The van der Waals surface area contributed by atoms with Gasteiger partial charge in [-0.05, 0) is 30.7 Å². The molecule has 0 aliphatic heterocycles. The highest BCUT2D eigenvalue weighted by Crippen LogP contribution is 2.19. The topological polar surface area (TPSA) is 52.3 Å². The Morgan fingerprint density at radius 2 is 1.90 bits per heavy atom. The second kappa shape index (κ2) is 5.87. The average molecular weight is 295 g/mol. The standard InChI is InChI=1S/C15H12F3NO2/c1-8-5-10(19)6-11(13(8)17)15(20)21-7-9-3-2-4-12(16)14(9)18/h2-6H,7,19H2,1H3. The van der Waals surface area contributed by atoms with Crippen molar-refractivity contribution in [3.05, 3.63) is 64.5 Å². The van der Waals surface area contributed by atoms with Crippen LogP contribution in [0.2, 0.25) is 0 Å². The molecule has 0 radical (unpaired) electrons. The predicted octanol–water partition coefficient (Wildman–Crippen LogP) is 3.35. The van der Waals surface area contributed by atoms with Crippen molar-refractivity contribution < 1.29 is 22.7 Å². The summed E-state index contributed by atoms with van der Waals surface area (Å²) in [4.78, 5) is 11.8. The third kappa shape index (κ3) is 3.16. The van der Waals surface area contributed by atoms with Crippen LogP contribution in [-0.4, -0.2) is 5.97 Å². The lowest BCUT2D eigenvalue weighted by Crippen LogP contribution is -2.10. The molecule has 2 N–H and O–H groups in total. The smallest absolute Gasteiger partial charge is 0.341 e. The van der Waals surface area contributed by atoms with Crippen LogP contribution in [-0.2, 0) is 11.3 Å². The molecule has 0 unspecified atom stereocenters. The molecule has 0 aromatic heterocycles. The van der Waals surface area contributed by atoms with Gasteiger partial charge in [0.15, 0.2) is 11.6 Å². The highest BCUT2D eigenvalue weighted by Gasteiger charge is 2.17.